The van der Waals surface area contributed by atoms with Gasteiger partial charge in [-0.1, -0.05) is 0 Å². The van der Waals surface area contributed by atoms with Crippen LogP contribution < -0.4 is 10.1 Å². The summed E-state index contributed by atoms with van der Waals surface area (Å²) >= 11 is 0. The quantitative estimate of drug-likeness (QED) is 0.567. The lowest BCUT2D eigenvalue weighted by Gasteiger charge is -2.12. The number of aromatic amines is 1. The molecule has 0 saturated heterocycles. The van der Waals surface area contributed by atoms with Gasteiger partial charge in [0.25, 0.3) is 0 Å². The monoisotopic (exact) mass is 354 g/mol. The van der Waals surface area contributed by atoms with Crippen LogP contribution in [0.3, 0.4) is 0 Å². The van der Waals surface area contributed by atoms with Crippen LogP contribution in [0.1, 0.15) is 18.7 Å². The third kappa shape index (κ3) is 2.92. The molecule has 0 spiro atoms. The summed E-state index contributed by atoms with van der Waals surface area (Å²) in [4.78, 5) is 13.1. The maximum Gasteiger partial charge on any atom is 0.210 e. The van der Waals surface area contributed by atoms with Gasteiger partial charge in [-0.05, 0) is 19.1 Å². The predicted molar refractivity (Wildman–Crippen MR) is 91.8 cm³/mol. The molecule has 4 aromatic heterocycles. The molecular formula is C16H15FN8O. The summed E-state index contributed by atoms with van der Waals surface area (Å²) in [7, 11) is 1.55. The highest BCUT2D eigenvalue weighted by atomic mass is 19.1. The van der Waals surface area contributed by atoms with Crippen LogP contribution in [-0.2, 0) is 0 Å². The Morgan fingerprint density at radius 3 is 2.88 bits per heavy atom. The van der Waals surface area contributed by atoms with Gasteiger partial charge in [-0.2, -0.15) is 10.2 Å². The lowest BCUT2D eigenvalue weighted by atomic mass is 10.2. The molecule has 132 valence electrons. The molecule has 1 unspecified atom stereocenters. The van der Waals surface area contributed by atoms with Crippen molar-refractivity contribution in [1.29, 1.82) is 0 Å². The zero-order valence-electron chi connectivity index (χ0n) is 14.0. The van der Waals surface area contributed by atoms with Crippen molar-refractivity contribution in [2.45, 2.75) is 13.0 Å². The van der Waals surface area contributed by atoms with Crippen molar-refractivity contribution in [3.8, 4) is 5.88 Å². The summed E-state index contributed by atoms with van der Waals surface area (Å²) in [6.45, 7) is 1.87. The first kappa shape index (κ1) is 15.9. The number of nitrogens with zero attached hydrogens (tertiary/aromatic N) is 6. The SMILES string of the molecule is COc1cc(Nc2cnc3cnn(C(C)c4cc(F)ccn4)c3n2)n[nH]1. The molecule has 4 aromatic rings. The van der Waals surface area contributed by atoms with Crippen LogP contribution in [0, 0.1) is 5.82 Å². The lowest BCUT2D eigenvalue weighted by molar-refractivity contribution is 0.397. The number of halogens is 1. The fraction of sp³-hybridized carbons (Fsp3) is 0.188. The van der Waals surface area contributed by atoms with E-state index in [1.807, 2.05) is 6.92 Å². The highest BCUT2D eigenvalue weighted by Gasteiger charge is 2.16. The summed E-state index contributed by atoms with van der Waals surface area (Å²) in [5, 5.41) is 14.2. The second kappa shape index (κ2) is 6.39. The van der Waals surface area contributed by atoms with Crippen LogP contribution in [0.15, 0.2) is 36.8 Å². The predicted octanol–water partition coefficient (Wildman–Crippen LogP) is 2.44. The van der Waals surface area contributed by atoms with Gasteiger partial charge < -0.3 is 10.1 Å². The maximum absolute atomic E-state index is 13.5. The van der Waals surface area contributed by atoms with E-state index in [0.717, 1.165) is 0 Å². The molecule has 0 aliphatic rings. The second-order valence-electron chi connectivity index (χ2n) is 5.57. The molecule has 9 nitrogen and oxygen atoms in total. The third-order valence-electron chi connectivity index (χ3n) is 3.87. The number of rotatable bonds is 5. The highest BCUT2D eigenvalue weighted by Crippen LogP contribution is 2.22. The fourth-order valence-electron chi connectivity index (χ4n) is 2.54. The smallest absolute Gasteiger partial charge is 0.210 e. The molecular weight excluding hydrogens is 339 g/mol. The summed E-state index contributed by atoms with van der Waals surface area (Å²) in [6.07, 6.45) is 4.62. The van der Waals surface area contributed by atoms with Crippen LogP contribution in [0.5, 0.6) is 5.88 Å². The van der Waals surface area contributed by atoms with Gasteiger partial charge in [-0.3, -0.25) is 4.98 Å². The Kier molecular flexibility index (Phi) is 3.92. The first-order chi connectivity index (χ1) is 12.6. The fourth-order valence-corrected chi connectivity index (χ4v) is 2.54. The molecule has 0 saturated carbocycles. The van der Waals surface area contributed by atoms with Gasteiger partial charge in [-0.15, -0.1) is 0 Å². The van der Waals surface area contributed by atoms with E-state index in [9.17, 15) is 4.39 Å². The van der Waals surface area contributed by atoms with Crippen LogP contribution in [0.4, 0.5) is 16.0 Å². The molecule has 0 aromatic carbocycles. The number of ether oxygens (including phenoxy) is 1. The minimum atomic E-state index is -0.348. The van der Waals surface area contributed by atoms with Crippen LogP contribution in [0.25, 0.3) is 11.2 Å². The van der Waals surface area contributed by atoms with Gasteiger partial charge in [0, 0.05) is 12.3 Å². The summed E-state index contributed by atoms with van der Waals surface area (Å²) in [6, 6.07) is 4.07. The molecule has 2 N–H and O–H groups in total. The van der Waals surface area contributed by atoms with Crippen molar-refractivity contribution >= 4 is 22.8 Å². The Hall–Kier alpha value is -3.56. The Bertz CT molecular complexity index is 1060. The van der Waals surface area contributed by atoms with E-state index in [1.54, 1.807) is 30.3 Å². The van der Waals surface area contributed by atoms with E-state index in [1.165, 1.54) is 18.3 Å². The van der Waals surface area contributed by atoms with E-state index in [0.29, 0.717) is 34.4 Å². The number of fused-ring (bicyclic) bond motifs is 1. The largest absolute Gasteiger partial charge is 0.481 e. The number of hydrogen-bond donors (Lipinski definition) is 2. The molecule has 26 heavy (non-hydrogen) atoms. The van der Waals surface area contributed by atoms with Gasteiger partial charge in [0.15, 0.2) is 17.3 Å². The normalized spacial score (nSPS) is 12.3. The number of anilines is 2. The minimum absolute atomic E-state index is 0.307. The van der Waals surface area contributed by atoms with Crippen molar-refractivity contribution in [3.05, 3.63) is 48.3 Å². The molecule has 0 aliphatic heterocycles. The van der Waals surface area contributed by atoms with Crippen molar-refractivity contribution in [2.24, 2.45) is 0 Å². The van der Waals surface area contributed by atoms with Gasteiger partial charge >= 0.3 is 0 Å². The Morgan fingerprint density at radius 1 is 1.23 bits per heavy atom. The molecule has 0 amide bonds. The average molecular weight is 354 g/mol. The molecule has 4 heterocycles. The van der Waals surface area contributed by atoms with E-state index in [4.69, 9.17) is 4.74 Å². The highest BCUT2D eigenvalue weighted by molar-refractivity contribution is 5.72. The summed E-state index contributed by atoms with van der Waals surface area (Å²) < 4.78 is 20.2. The first-order valence-electron chi connectivity index (χ1n) is 7.82. The van der Waals surface area contributed by atoms with Crippen LogP contribution in [-0.4, -0.2) is 42.0 Å². The molecule has 0 radical (unpaired) electrons. The van der Waals surface area contributed by atoms with Crippen molar-refractivity contribution < 1.29 is 9.13 Å². The first-order valence-corrected chi connectivity index (χ1v) is 7.82. The summed E-state index contributed by atoms with van der Waals surface area (Å²) in [5.74, 6) is 1.21. The standard InChI is InChI=1S/C16H15FN8O/c1-9(11-5-10(17)3-4-18-11)25-16-12(7-20-25)19-8-14(22-16)21-13-6-15(26-2)24-23-13/h3-9H,1-2H3,(H2,21,22,23,24). The van der Waals surface area contributed by atoms with Gasteiger partial charge in [0.05, 0.1) is 31.2 Å². The number of aromatic nitrogens is 7. The number of nitrogens with one attached hydrogen (secondary N) is 2. The second-order valence-corrected chi connectivity index (χ2v) is 5.57. The third-order valence-corrected chi connectivity index (χ3v) is 3.87. The van der Waals surface area contributed by atoms with E-state index in [2.05, 4.69) is 35.6 Å². The molecule has 0 bridgehead atoms. The van der Waals surface area contributed by atoms with Gasteiger partial charge in [0.1, 0.15) is 11.3 Å². The van der Waals surface area contributed by atoms with E-state index in [-0.39, 0.29) is 11.9 Å². The van der Waals surface area contributed by atoms with Crippen LogP contribution in [0.2, 0.25) is 0 Å². The Balaban J connectivity index is 1.68. The molecule has 4 rings (SSSR count). The van der Waals surface area contributed by atoms with E-state index < -0.39 is 0 Å². The number of hydrogen-bond acceptors (Lipinski definition) is 7. The molecule has 0 aliphatic carbocycles. The minimum Gasteiger partial charge on any atom is -0.481 e. The summed E-state index contributed by atoms with van der Waals surface area (Å²) in [5.41, 5.74) is 1.72. The number of pyridine rings is 1. The molecule has 0 fully saturated rings. The van der Waals surface area contributed by atoms with Crippen molar-refractivity contribution in [3.63, 3.8) is 0 Å². The lowest BCUT2D eigenvalue weighted by Crippen LogP contribution is -2.11. The van der Waals surface area contributed by atoms with Crippen molar-refractivity contribution in [1.82, 2.24) is 34.9 Å². The number of H-pyrrole nitrogens is 1. The zero-order chi connectivity index (χ0) is 18.1. The van der Waals surface area contributed by atoms with Crippen molar-refractivity contribution in [2.75, 3.05) is 12.4 Å². The molecule has 1 atom stereocenters. The maximum atomic E-state index is 13.5. The van der Waals surface area contributed by atoms with Gasteiger partial charge in [0.2, 0.25) is 5.88 Å². The van der Waals surface area contributed by atoms with Gasteiger partial charge in [-0.25, -0.2) is 24.1 Å². The topological polar surface area (TPSA) is 106 Å². The Labute approximate surface area is 147 Å². The van der Waals surface area contributed by atoms with E-state index >= 15 is 0 Å². The Morgan fingerprint density at radius 2 is 2.12 bits per heavy atom. The van der Waals surface area contributed by atoms with Crippen LogP contribution >= 0.6 is 0 Å². The average Bonchev–Trinajstić information content (AvgIpc) is 3.27. The number of methoxy groups -OCH3 is 1. The molecule has 10 heteroatoms. The zero-order valence-corrected chi connectivity index (χ0v) is 14.0.